The topological polar surface area (TPSA) is 69.0 Å². The number of aromatic nitrogens is 3. The van der Waals surface area contributed by atoms with E-state index in [1.165, 1.54) is 23.9 Å². The van der Waals surface area contributed by atoms with Crippen LogP contribution in [0.4, 0.5) is 4.39 Å². The Morgan fingerprint density at radius 2 is 1.73 bits per heavy atom. The maximum absolute atomic E-state index is 13.4. The number of carbonyl (C=O) groups excluding carboxylic acids is 1. The van der Waals surface area contributed by atoms with Gasteiger partial charge in [0.25, 0.3) is 0 Å². The molecule has 1 amide bonds. The normalized spacial score (nSPS) is 11.7. The second kappa shape index (κ2) is 10.3. The average Bonchev–Trinajstić information content (AvgIpc) is 3.27. The lowest BCUT2D eigenvalue weighted by atomic mass is 10.2. The minimum atomic E-state index is -0.424. The van der Waals surface area contributed by atoms with Crippen LogP contribution >= 0.6 is 11.8 Å². The van der Waals surface area contributed by atoms with Gasteiger partial charge in [-0.05, 0) is 49.4 Å². The number of carbonyl (C=O) groups is 1. The molecule has 33 heavy (non-hydrogen) atoms. The summed E-state index contributed by atoms with van der Waals surface area (Å²) in [6.07, 6.45) is 0. The quantitative estimate of drug-likeness (QED) is 0.378. The molecule has 0 bridgehead atoms. The number of methoxy groups -OCH3 is 1. The van der Waals surface area contributed by atoms with Crippen molar-refractivity contribution in [3.8, 4) is 22.8 Å². The second-order valence-electron chi connectivity index (χ2n) is 7.27. The lowest BCUT2D eigenvalue weighted by Crippen LogP contribution is -2.30. The molecule has 8 heteroatoms. The smallest absolute Gasteiger partial charge is 0.233 e. The molecule has 1 heterocycles. The summed E-state index contributed by atoms with van der Waals surface area (Å²) in [7, 11) is 1.61. The summed E-state index contributed by atoms with van der Waals surface area (Å²) in [5.41, 5.74) is 2.48. The van der Waals surface area contributed by atoms with Gasteiger partial charge in [0.05, 0.1) is 12.4 Å². The SMILES string of the molecule is COc1ccccc1CNC(=O)C(C)Sc1nnc(-c2ccc(F)cc2)n1-c1ccccc1. The summed E-state index contributed by atoms with van der Waals surface area (Å²) in [4.78, 5) is 12.8. The van der Waals surface area contributed by atoms with Gasteiger partial charge in [-0.2, -0.15) is 0 Å². The van der Waals surface area contributed by atoms with Gasteiger partial charge in [-0.25, -0.2) is 4.39 Å². The van der Waals surface area contributed by atoms with Crippen LogP contribution in [0.15, 0.2) is 84.0 Å². The highest BCUT2D eigenvalue weighted by Crippen LogP contribution is 2.30. The highest BCUT2D eigenvalue weighted by atomic mass is 32.2. The predicted molar refractivity (Wildman–Crippen MR) is 127 cm³/mol. The van der Waals surface area contributed by atoms with E-state index in [-0.39, 0.29) is 11.7 Å². The van der Waals surface area contributed by atoms with E-state index in [0.29, 0.717) is 17.5 Å². The maximum atomic E-state index is 13.4. The molecule has 4 aromatic rings. The van der Waals surface area contributed by atoms with Gasteiger partial charge in [-0.15, -0.1) is 10.2 Å². The van der Waals surface area contributed by atoms with Crippen molar-refractivity contribution in [1.29, 1.82) is 0 Å². The third kappa shape index (κ3) is 5.23. The number of ether oxygens (including phenoxy) is 1. The zero-order valence-corrected chi connectivity index (χ0v) is 19.1. The van der Waals surface area contributed by atoms with Gasteiger partial charge in [0, 0.05) is 23.4 Å². The monoisotopic (exact) mass is 462 g/mol. The molecule has 1 aromatic heterocycles. The fourth-order valence-electron chi connectivity index (χ4n) is 3.33. The lowest BCUT2D eigenvalue weighted by Gasteiger charge is -2.15. The molecule has 3 aromatic carbocycles. The number of hydrogen-bond acceptors (Lipinski definition) is 5. The molecule has 0 saturated heterocycles. The molecular weight excluding hydrogens is 439 g/mol. The molecule has 6 nitrogen and oxygen atoms in total. The Labute approximate surface area is 195 Å². The van der Waals surface area contributed by atoms with Gasteiger partial charge in [-0.1, -0.05) is 48.2 Å². The van der Waals surface area contributed by atoms with Crippen molar-refractivity contribution in [3.63, 3.8) is 0 Å². The molecular formula is C25H23FN4O2S. The zero-order chi connectivity index (χ0) is 23.2. The van der Waals surface area contributed by atoms with Crippen molar-refractivity contribution >= 4 is 17.7 Å². The van der Waals surface area contributed by atoms with Crippen LogP contribution in [0.2, 0.25) is 0 Å². The van der Waals surface area contributed by atoms with Crippen LogP contribution in [0.1, 0.15) is 12.5 Å². The average molecular weight is 463 g/mol. The van der Waals surface area contributed by atoms with Gasteiger partial charge < -0.3 is 10.1 Å². The summed E-state index contributed by atoms with van der Waals surface area (Å²) < 4.78 is 20.7. The Balaban J connectivity index is 1.56. The summed E-state index contributed by atoms with van der Waals surface area (Å²) in [6, 6.07) is 23.3. The molecule has 4 rings (SSSR count). The van der Waals surface area contributed by atoms with Crippen molar-refractivity contribution in [2.24, 2.45) is 0 Å². The maximum Gasteiger partial charge on any atom is 0.233 e. The molecule has 0 saturated carbocycles. The van der Waals surface area contributed by atoms with Crippen molar-refractivity contribution in [2.75, 3.05) is 7.11 Å². The van der Waals surface area contributed by atoms with Crippen molar-refractivity contribution in [1.82, 2.24) is 20.1 Å². The second-order valence-corrected chi connectivity index (χ2v) is 8.58. The van der Waals surface area contributed by atoms with Crippen LogP contribution < -0.4 is 10.1 Å². The number of nitrogens with zero attached hydrogens (tertiary/aromatic N) is 3. The van der Waals surface area contributed by atoms with E-state index < -0.39 is 5.25 Å². The summed E-state index contributed by atoms with van der Waals surface area (Å²) in [5.74, 6) is 0.854. The fraction of sp³-hybridized carbons (Fsp3) is 0.160. The van der Waals surface area contributed by atoms with Crippen molar-refractivity contribution < 1.29 is 13.9 Å². The summed E-state index contributed by atoms with van der Waals surface area (Å²) in [5, 5.41) is 11.8. The molecule has 0 radical (unpaired) electrons. The van der Waals surface area contributed by atoms with Crippen LogP contribution in [-0.4, -0.2) is 33.0 Å². The van der Waals surface area contributed by atoms with E-state index in [0.717, 1.165) is 22.6 Å². The van der Waals surface area contributed by atoms with Crippen molar-refractivity contribution in [3.05, 3.63) is 90.2 Å². The molecule has 0 fully saturated rings. The first kappa shape index (κ1) is 22.5. The third-order valence-electron chi connectivity index (χ3n) is 5.05. The number of benzene rings is 3. The highest BCUT2D eigenvalue weighted by molar-refractivity contribution is 8.00. The van der Waals surface area contributed by atoms with Crippen LogP contribution in [0, 0.1) is 5.82 Å². The van der Waals surface area contributed by atoms with Gasteiger partial charge >= 0.3 is 0 Å². The number of thioether (sulfide) groups is 1. The molecule has 1 atom stereocenters. The summed E-state index contributed by atoms with van der Waals surface area (Å²) in [6.45, 7) is 2.18. The van der Waals surface area contributed by atoms with E-state index in [9.17, 15) is 9.18 Å². The first-order valence-electron chi connectivity index (χ1n) is 10.4. The first-order chi connectivity index (χ1) is 16.1. The minimum Gasteiger partial charge on any atom is -0.496 e. The van der Waals surface area contributed by atoms with Crippen LogP contribution in [0.25, 0.3) is 17.1 Å². The van der Waals surface area contributed by atoms with E-state index in [4.69, 9.17) is 4.74 Å². The van der Waals surface area contributed by atoms with Gasteiger partial charge in [0.2, 0.25) is 5.91 Å². The Morgan fingerprint density at radius 1 is 1.03 bits per heavy atom. The van der Waals surface area contributed by atoms with E-state index in [1.807, 2.05) is 66.1 Å². The zero-order valence-electron chi connectivity index (χ0n) is 18.2. The van der Waals surface area contributed by atoms with Gasteiger partial charge in [0.1, 0.15) is 11.6 Å². The third-order valence-corrected chi connectivity index (χ3v) is 6.09. The van der Waals surface area contributed by atoms with Crippen molar-refractivity contribution in [2.45, 2.75) is 23.9 Å². The minimum absolute atomic E-state index is 0.128. The van der Waals surface area contributed by atoms with Gasteiger partial charge in [-0.3, -0.25) is 9.36 Å². The molecule has 1 N–H and O–H groups in total. The Bertz CT molecular complexity index is 1230. The van der Waals surface area contributed by atoms with Crippen LogP contribution in [0.5, 0.6) is 5.75 Å². The largest absolute Gasteiger partial charge is 0.496 e. The number of amides is 1. The molecule has 168 valence electrons. The molecule has 1 unspecified atom stereocenters. The number of para-hydroxylation sites is 2. The number of hydrogen-bond donors (Lipinski definition) is 1. The molecule has 0 aliphatic rings. The van der Waals surface area contributed by atoms with E-state index in [2.05, 4.69) is 15.5 Å². The van der Waals surface area contributed by atoms with E-state index in [1.54, 1.807) is 19.2 Å². The van der Waals surface area contributed by atoms with Crippen LogP contribution in [0.3, 0.4) is 0 Å². The number of halogens is 1. The Kier molecular flexibility index (Phi) is 7.04. The Hall–Kier alpha value is -3.65. The molecule has 0 aliphatic heterocycles. The standard InChI is InChI=1S/C25H23FN4O2S/c1-17(24(31)27-16-19-8-6-7-11-22(19)32-2)33-25-29-28-23(18-12-14-20(26)15-13-18)30(25)21-9-4-3-5-10-21/h3-15,17H,16H2,1-2H3,(H,27,31). The molecule has 0 spiro atoms. The molecule has 0 aliphatic carbocycles. The van der Waals surface area contributed by atoms with Crippen LogP contribution in [-0.2, 0) is 11.3 Å². The predicted octanol–water partition coefficient (Wildman–Crippen LogP) is 4.88. The first-order valence-corrected chi connectivity index (χ1v) is 11.3. The van der Waals surface area contributed by atoms with E-state index >= 15 is 0 Å². The number of rotatable bonds is 8. The Morgan fingerprint density at radius 3 is 2.45 bits per heavy atom. The lowest BCUT2D eigenvalue weighted by molar-refractivity contribution is -0.120. The number of nitrogens with one attached hydrogen (secondary N) is 1. The van der Waals surface area contributed by atoms with Gasteiger partial charge in [0.15, 0.2) is 11.0 Å². The highest BCUT2D eigenvalue weighted by Gasteiger charge is 2.22. The fourth-order valence-corrected chi connectivity index (χ4v) is 4.22. The summed E-state index contributed by atoms with van der Waals surface area (Å²) >= 11 is 1.31.